The number of aliphatic hydroxyl groups excluding tert-OH is 11. The van der Waals surface area contributed by atoms with E-state index in [4.69, 9.17) is 28.4 Å². The van der Waals surface area contributed by atoms with Gasteiger partial charge >= 0.3 is 0 Å². The van der Waals surface area contributed by atoms with Crippen LogP contribution in [-0.2, 0) is 33.2 Å². The predicted octanol–water partition coefficient (Wildman–Crippen LogP) is 8.16. The van der Waals surface area contributed by atoms with Crippen LogP contribution < -0.4 is 5.32 Å². The van der Waals surface area contributed by atoms with Gasteiger partial charge in [0.25, 0.3) is 0 Å². The molecule has 12 N–H and O–H groups in total. The molecule has 0 aliphatic carbocycles. The fraction of sp³-hybridized carbons (Fsp3) is 0.809. The van der Waals surface area contributed by atoms with E-state index in [0.29, 0.717) is 6.42 Å². The molecule has 3 fully saturated rings. The van der Waals surface area contributed by atoms with Gasteiger partial charge in [-0.3, -0.25) is 4.79 Å². The molecule has 0 aromatic rings. The van der Waals surface area contributed by atoms with Crippen LogP contribution in [0.3, 0.4) is 0 Å². The van der Waals surface area contributed by atoms with Crippen LogP contribution in [0, 0.1) is 0 Å². The fourth-order valence-corrected chi connectivity index (χ4v) is 11.0. The highest BCUT2D eigenvalue weighted by molar-refractivity contribution is 5.76. The van der Waals surface area contributed by atoms with E-state index >= 15 is 0 Å². The Kier molecular flexibility index (Phi) is 45.0. The number of carbonyl (C=O) groups is 1. The van der Waals surface area contributed by atoms with Crippen LogP contribution >= 0.6 is 0 Å². The summed E-state index contributed by atoms with van der Waals surface area (Å²) in [6.07, 6.45) is 34.7. The zero-order chi connectivity index (χ0) is 63.3. The summed E-state index contributed by atoms with van der Waals surface area (Å²) in [4.78, 5) is 13.4. The quantitative estimate of drug-likeness (QED) is 0.0202. The standard InChI is InChI=1S/C68H119NO18/c1-3-5-7-9-11-13-15-16-17-18-19-20-21-22-23-24-25-26-27-28-29-30-31-32-33-34-36-38-40-42-44-46-56(74)69-51(52(73)45-43-41-39-37-35-14-12-10-8-6-4-2)50-82-66-62(80)59(77)64(54(48-71)84-66)87-68-63(81)60(78)65(55(49-72)85-68)86-67-61(79)58(76)57(75)53(47-70)83-67/h5,7,11,13,16-17,19-20,22-23,43,45,51-55,57-68,70-73,75-81H,3-4,6,8-10,12,14-15,18,21,24-42,44,46-50H2,1-2H3,(H,69,74)/b7-5-,13-11-,17-16-,20-19-,23-22-,45-43+. The van der Waals surface area contributed by atoms with E-state index in [2.05, 4.69) is 79.9 Å². The summed E-state index contributed by atoms with van der Waals surface area (Å²) in [5, 5.41) is 120. The van der Waals surface area contributed by atoms with E-state index in [1.54, 1.807) is 6.08 Å². The molecule has 0 aromatic carbocycles. The van der Waals surface area contributed by atoms with E-state index in [-0.39, 0.29) is 18.9 Å². The number of nitrogens with one attached hydrogen (secondary N) is 1. The minimum Gasteiger partial charge on any atom is -0.394 e. The lowest BCUT2D eigenvalue weighted by Crippen LogP contribution is -2.66. The minimum absolute atomic E-state index is 0.240. The second-order valence-corrected chi connectivity index (χ2v) is 23.9. The molecule has 3 aliphatic heterocycles. The van der Waals surface area contributed by atoms with Gasteiger partial charge in [0.1, 0.15) is 73.2 Å². The van der Waals surface area contributed by atoms with Crippen LogP contribution in [0.4, 0.5) is 0 Å². The Hall–Kier alpha value is -2.77. The van der Waals surface area contributed by atoms with Crippen molar-refractivity contribution in [1.82, 2.24) is 5.32 Å². The number of ether oxygens (including phenoxy) is 6. The van der Waals surface area contributed by atoms with Crippen molar-refractivity contribution < 1.29 is 89.4 Å². The van der Waals surface area contributed by atoms with Gasteiger partial charge in [-0.1, -0.05) is 222 Å². The lowest BCUT2D eigenvalue weighted by atomic mass is 9.96. The molecule has 3 saturated heterocycles. The van der Waals surface area contributed by atoms with E-state index in [1.807, 2.05) is 6.08 Å². The molecule has 19 heteroatoms. The highest BCUT2D eigenvalue weighted by Gasteiger charge is 2.53. The van der Waals surface area contributed by atoms with Gasteiger partial charge in [-0.2, -0.15) is 0 Å². The second-order valence-electron chi connectivity index (χ2n) is 23.9. The Bertz CT molecular complexity index is 1860. The number of carbonyl (C=O) groups excluding carboxylic acids is 1. The fourth-order valence-electron chi connectivity index (χ4n) is 11.0. The van der Waals surface area contributed by atoms with Gasteiger partial charge in [0.15, 0.2) is 18.9 Å². The number of hydrogen-bond acceptors (Lipinski definition) is 18. The number of rotatable bonds is 50. The molecule has 0 radical (unpaired) electrons. The average Bonchev–Trinajstić information content (AvgIpc) is 3.71. The molecule has 17 atom stereocenters. The van der Waals surface area contributed by atoms with Crippen LogP contribution in [0.15, 0.2) is 72.9 Å². The molecular formula is C68H119NO18. The van der Waals surface area contributed by atoms with Crippen LogP contribution in [0.1, 0.15) is 219 Å². The summed E-state index contributed by atoms with van der Waals surface area (Å²) < 4.78 is 34.3. The number of hydrogen-bond donors (Lipinski definition) is 12. The molecule has 0 spiro atoms. The Morgan fingerprint density at radius 2 is 0.793 bits per heavy atom. The first-order valence-electron chi connectivity index (χ1n) is 33.7. The van der Waals surface area contributed by atoms with Gasteiger partial charge in [0.2, 0.25) is 5.91 Å². The van der Waals surface area contributed by atoms with Gasteiger partial charge < -0.3 is 89.9 Å². The molecule has 3 aliphatic rings. The molecule has 0 bridgehead atoms. The maximum absolute atomic E-state index is 13.4. The minimum atomic E-state index is -1.98. The number of allylic oxidation sites excluding steroid dienone is 11. The maximum Gasteiger partial charge on any atom is 0.220 e. The summed E-state index contributed by atoms with van der Waals surface area (Å²) in [5.74, 6) is -0.279. The first-order valence-corrected chi connectivity index (χ1v) is 33.7. The molecule has 3 heterocycles. The highest BCUT2D eigenvalue weighted by Crippen LogP contribution is 2.33. The first kappa shape index (κ1) is 78.5. The van der Waals surface area contributed by atoms with Crippen molar-refractivity contribution in [3.63, 3.8) is 0 Å². The van der Waals surface area contributed by atoms with Gasteiger partial charge in [0, 0.05) is 6.42 Å². The van der Waals surface area contributed by atoms with Crippen molar-refractivity contribution >= 4 is 5.91 Å². The Balaban J connectivity index is 1.37. The molecule has 19 nitrogen and oxygen atoms in total. The summed E-state index contributed by atoms with van der Waals surface area (Å²) >= 11 is 0. The summed E-state index contributed by atoms with van der Waals surface area (Å²) in [6.45, 7) is 1.59. The third-order valence-electron chi connectivity index (χ3n) is 16.5. The number of aliphatic hydroxyl groups is 11. The molecule has 0 saturated carbocycles. The topological polar surface area (TPSA) is 307 Å². The number of amides is 1. The van der Waals surface area contributed by atoms with E-state index in [9.17, 15) is 61.0 Å². The first-order chi connectivity index (χ1) is 42.3. The van der Waals surface area contributed by atoms with Crippen molar-refractivity contribution in [2.75, 3.05) is 26.4 Å². The Morgan fingerprint density at radius 1 is 0.425 bits per heavy atom. The monoisotopic (exact) mass is 1240 g/mol. The van der Waals surface area contributed by atoms with Gasteiger partial charge in [-0.25, -0.2) is 0 Å². The molecular weight excluding hydrogens is 1120 g/mol. The van der Waals surface area contributed by atoms with Crippen LogP contribution in [-0.4, -0.2) is 193 Å². The maximum atomic E-state index is 13.4. The van der Waals surface area contributed by atoms with Crippen molar-refractivity contribution in [3.8, 4) is 0 Å². The number of unbranched alkanes of at least 4 members (excludes halogenated alkanes) is 24. The largest absolute Gasteiger partial charge is 0.394 e. The zero-order valence-electron chi connectivity index (χ0n) is 53.0. The summed E-state index contributed by atoms with van der Waals surface area (Å²) in [6, 6.07) is -0.974. The van der Waals surface area contributed by atoms with E-state index in [0.717, 1.165) is 77.0 Å². The van der Waals surface area contributed by atoms with Crippen LogP contribution in [0.5, 0.6) is 0 Å². The van der Waals surface area contributed by atoms with Crippen molar-refractivity contribution in [2.24, 2.45) is 0 Å². The average molecular weight is 1240 g/mol. The van der Waals surface area contributed by atoms with Crippen molar-refractivity contribution in [1.29, 1.82) is 0 Å². The lowest BCUT2D eigenvalue weighted by molar-refractivity contribution is -0.379. The summed E-state index contributed by atoms with van der Waals surface area (Å²) in [7, 11) is 0. The molecule has 3 rings (SSSR count). The molecule has 504 valence electrons. The Labute approximate surface area is 521 Å². The Morgan fingerprint density at radius 3 is 1.24 bits per heavy atom. The van der Waals surface area contributed by atoms with E-state index in [1.165, 1.54) is 116 Å². The summed E-state index contributed by atoms with van der Waals surface area (Å²) in [5.41, 5.74) is 0. The molecule has 17 unspecified atom stereocenters. The van der Waals surface area contributed by atoms with E-state index < -0.39 is 124 Å². The highest BCUT2D eigenvalue weighted by atomic mass is 16.8. The van der Waals surface area contributed by atoms with Crippen LogP contribution in [0.2, 0.25) is 0 Å². The van der Waals surface area contributed by atoms with Crippen molar-refractivity contribution in [3.05, 3.63) is 72.9 Å². The molecule has 1 amide bonds. The second kappa shape index (κ2) is 49.9. The zero-order valence-corrected chi connectivity index (χ0v) is 53.0. The molecule has 0 aromatic heterocycles. The SMILES string of the molecule is CC/C=C\C/C=C\C/C=C\C/C=C\C/C=C\CCCCCCCCCCCCCCCCCC(=O)NC(COC1OC(CO)C(OC2OC(CO)C(OC3OC(CO)C(O)C(O)C3O)C(O)C2O)C(O)C1O)C(O)/C=C/CCCCCCCCCCC. The van der Waals surface area contributed by atoms with Crippen molar-refractivity contribution in [2.45, 2.75) is 324 Å². The third kappa shape index (κ3) is 32.4. The predicted molar refractivity (Wildman–Crippen MR) is 337 cm³/mol. The molecule has 87 heavy (non-hydrogen) atoms. The lowest BCUT2D eigenvalue weighted by Gasteiger charge is -2.48. The normalized spacial score (nSPS) is 29.0. The smallest absolute Gasteiger partial charge is 0.220 e. The third-order valence-corrected chi connectivity index (χ3v) is 16.5. The van der Waals surface area contributed by atoms with Gasteiger partial charge in [-0.05, 0) is 64.2 Å². The van der Waals surface area contributed by atoms with Gasteiger partial charge in [0.05, 0.1) is 38.6 Å². The van der Waals surface area contributed by atoms with Gasteiger partial charge in [-0.15, -0.1) is 0 Å². The van der Waals surface area contributed by atoms with Crippen LogP contribution in [0.25, 0.3) is 0 Å².